The number of amides is 1. The van der Waals surface area contributed by atoms with Crippen LogP contribution in [0.4, 0.5) is 4.39 Å². The van der Waals surface area contributed by atoms with Crippen molar-refractivity contribution in [2.24, 2.45) is 5.73 Å². The molecule has 0 heterocycles. The van der Waals surface area contributed by atoms with Crippen molar-refractivity contribution < 1.29 is 19.1 Å². The molecule has 0 fully saturated rings. The molecule has 0 saturated carbocycles. The van der Waals surface area contributed by atoms with Crippen molar-refractivity contribution in [1.29, 1.82) is 0 Å². The molecule has 0 bridgehead atoms. The maximum absolute atomic E-state index is 12.9. The van der Waals surface area contributed by atoms with Gasteiger partial charge in [0, 0.05) is 6.42 Å². The van der Waals surface area contributed by atoms with Crippen LogP contribution in [-0.4, -0.2) is 29.1 Å². The second-order valence-electron chi connectivity index (χ2n) is 5.53. The number of carboxylic acid groups (broad SMARTS) is 1. The minimum absolute atomic E-state index is 0.0550. The highest BCUT2D eigenvalue weighted by Gasteiger charge is 2.23. The molecular weight excluding hydrogens is 311 g/mol. The first-order valence-electron chi connectivity index (χ1n) is 7.53. The van der Waals surface area contributed by atoms with E-state index in [-0.39, 0.29) is 6.42 Å². The second-order valence-corrected chi connectivity index (χ2v) is 5.53. The molecule has 6 heteroatoms. The zero-order chi connectivity index (χ0) is 17.5. The van der Waals surface area contributed by atoms with E-state index in [9.17, 15) is 19.1 Å². The average Bonchev–Trinajstić information content (AvgIpc) is 2.56. The summed E-state index contributed by atoms with van der Waals surface area (Å²) in [7, 11) is 0. The molecule has 1 unspecified atom stereocenters. The maximum Gasteiger partial charge on any atom is 0.326 e. The van der Waals surface area contributed by atoms with E-state index < -0.39 is 29.8 Å². The minimum atomic E-state index is -1.17. The maximum atomic E-state index is 12.9. The third-order valence-electron chi connectivity index (χ3n) is 3.60. The third kappa shape index (κ3) is 5.17. The van der Waals surface area contributed by atoms with Gasteiger partial charge in [0.25, 0.3) is 0 Å². The summed E-state index contributed by atoms with van der Waals surface area (Å²) in [5, 5.41) is 11.7. The van der Waals surface area contributed by atoms with Crippen LogP contribution in [0.25, 0.3) is 0 Å². The second kappa shape index (κ2) is 8.21. The van der Waals surface area contributed by atoms with Gasteiger partial charge in [0.05, 0.1) is 6.04 Å². The lowest BCUT2D eigenvalue weighted by atomic mass is 10.0. The zero-order valence-corrected chi connectivity index (χ0v) is 13.0. The Bertz CT molecular complexity index is 689. The number of rotatable bonds is 7. The molecule has 5 nitrogen and oxygen atoms in total. The van der Waals surface area contributed by atoms with Crippen LogP contribution < -0.4 is 11.1 Å². The average molecular weight is 330 g/mol. The van der Waals surface area contributed by atoms with Gasteiger partial charge in [0.2, 0.25) is 5.91 Å². The predicted octanol–water partition coefficient (Wildman–Crippen LogP) is 1.51. The van der Waals surface area contributed by atoms with Crippen LogP contribution >= 0.6 is 0 Å². The molecule has 0 aromatic heterocycles. The molecule has 2 atom stereocenters. The van der Waals surface area contributed by atoms with E-state index in [4.69, 9.17) is 5.73 Å². The molecule has 1 amide bonds. The summed E-state index contributed by atoms with van der Waals surface area (Å²) in [5.74, 6) is -2.10. The van der Waals surface area contributed by atoms with Crippen molar-refractivity contribution in [3.05, 3.63) is 71.5 Å². The fourth-order valence-electron chi connectivity index (χ4n) is 2.30. The summed E-state index contributed by atoms with van der Waals surface area (Å²) >= 11 is 0. The number of hydrogen-bond donors (Lipinski definition) is 3. The molecule has 2 aromatic carbocycles. The van der Waals surface area contributed by atoms with Gasteiger partial charge in [-0.2, -0.15) is 0 Å². The number of carbonyl (C=O) groups is 2. The summed E-state index contributed by atoms with van der Waals surface area (Å²) in [6.45, 7) is 0. The van der Waals surface area contributed by atoms with Gasteiger partial charge in [0.15, 0.2) is 0 Å². The summed E-state index contributed by atoms with van der Waals surface area (Å²) < 4.78 is 12.9. The first-order chi connectivity index (χ1) is 11.5. The molecule has 0 saturated heterocycles. The van der Waals surface area contributed by atoms with Crippen LogP contribution in [0.3, 0.4) is 0 Å². The number of hydrogen-bond acceptors (Lipinski definition) is 3. The predicted molar refractivity (Wildman–Crippen MR) is 87.8 cm³/mol. The van der Waals surface area contributed by atoms with Crippen LogP contribution in [0.15, 0.2) is 54.6 Å². The van der Waals surface area contributed by atoms with Gasteiger partial charge >= 0.3 is 5.97 Å². The van der Waals surface area contributed by atoms with Crippen molar-refractivity contribution in [3.8, 4) is 0 Å². The van der Waals surface area contributed by atoms with Crippen LogP contribution in [-0.2, 0) is 22.4 Å². The Morgan fingerprint density at radius 2 is 1.58 bits per heavy atom. The summed E-state index contributed by atoms with van der Waals surface area (Å²) in [6, 6.07) is 12.7. The van der Waals surface area contributed by atoms with Crippen molar-refractivity contribution in [2.45, 2.75) is 24.9 Å². The largest absolute Gasteiger partial charge is 0.480 e. The lowest BCUT2D eigenvalue weighted by Gasteiger charge is -2.18. The molecule has 0 radical (unpaired) electrons. The summed E-state index contributed by atoms with van der Waals surface area (Å²) in [5.41, 5.74) is 7.36. The van der Waals surface area contributed by atoms with E-state index in [2.05, 4.69) is 5.32 Å². The van der Waals surface area contributed by atoms with Gasteiger partial charge in [0.1, 0.15) is 11.9 Å². The highest BCUT2D eigenvalue weighted by atomic mass is 19.1. The van der Waals surface area contributed by atoms with Gasteiger partial charge in [-0.25, -0.2) is 9.18 Å². The molecule has 2 rings (SSSR count). The number of carbonyl (C=O) groups excluding carboxylic acids is 1. The van der Waals surface area contributed by atoms with Gasteiger partial charge in [-0.15, -0.1) is 0 Å². The fourth-order valence-corrected chi connectivity index (χ4v) is 2.30. The monoisotopic (exact) mass is 330 g/mol. The van der Waals surface area contributed by atoms with E-state index in [0.717, 1.165) is 5.56 Å². The molecule has 4 N–H and O–H groups in total. The van der Waals surface area contributed by atoms with E-state index in [0.29, 0.717) is 12.0 Å². The van der Waals surface area contributed by atoms with Gasteiger partial charge in [-0.3, -0.25) is 4.79 Å². The molecule has 2 aromatic rings. The SMILES string of the molecule is N[C@@H](Cc1ccccc1)C(=O)NC(Cc1ccc(F)cc1)C(=O)O. The molecule has 0 spiro atoms. The van der Waals surface area contributed by atoms with Crippen LogP contribution in [0.5, 0.6) is 0 Å². The Hall–Kier alpha value is -2.73. The normalized spacial score (nSPS) is 13.1. The van der Waals surface area contributed by atoms with Crippen molar-refractivity contribution in [2.75, 3.05) is 0 Å². The Kier molecular flexibility index (Phi) is 6.03. The standard InChI is InChI=1S/C18H19FN2O3/c19-14-8-6-13(7-9-14)11-16(18(23)24)21-17(22)15(20)10-12-4-2-1-3-5-12/h1-9,15-16H,10-11,20H2,(H,21,22)(H,23,24)/t15-,16?/m0/s1. The number of benzene rings is 2. The number of nitrogens with one attached hydrogen (secondary N) is 1. The number of carboxylic acids is 1. The Labute approximate surface area is 139 Å². The summed E-state index contributed by atoms with van der Waals surface area (Å²) in [6.07, 6.45) is 0.370. The Balaban J connectivity index is 1.97. The Morgan fingerprint density at radius 1 is 1.00 bits per heavy atom. The van der Waals surface area contributed by atoms with Crippen LogP contribution in [0.2, 0.25) is 0 Å². The third-order valence-corrected chi connectivity index (χ3v) is 3.60. The molecule has 0 aliphatic heterocycles. The van der Waals surface area contributed by atoms with E-state index in [1.807, 2.05) is 30.3 Å². The lowest BCUT2D eigenvalue weighted by molar-refractivity contribution is -0.141. The van der Waals surface area contributed by atoms with Gasteiger partial charge in [-0.1, -0.05) is 42.5 Å². The van der Waals surface area contributed by atoms with E-state index in [1.54, 1.807) is 0 Å². The highest BCUT2D eigenvalue weighted by Crippen LogP contribution is 2.07. The molecule has 24 heavy (non-hydrogen) atoms. The molecule has 0 aliphatic carbocycles. The molecule has 126 valence electrons. The molecule has 0 aliphatic rings. The fraction of sp³-hybridized carbons (Fsp3) is 0.222. The quantitative estimate of drug-likeness (QED) is 0.717. The van der Waals surface area contributed by atoms with Crippen molar-refractivity contribution >= 4 is 11.9 Å². The topological polar surface area (TPSA) is 92.4 Å². The van der Waals surface area contributed by atoms with Crippen molar-refractivity contribution in [3.63, 3.8) is 0 Å². The first kappa shape index (κ1) is 17.6. The first-order valence-corrected chi connectivity index (χ1v) is 7.53. The van der Waals surface area contributed by atoms with E-state index in [1.165, 1.54) is 24.3 Å². The lowest BCUT2D eigenvalue weighted by Crippen LogP contribution is -2.50. The highest BCUT2D eigenvalue weighted by molar-refractivity contribution is 5.87. The van der Waals surface area contributed by atoms with Gasteiger partial charge in [-0.05, 0) is 29.7 Å². The number of nitrogens with two attached hydrogens (primary N) is 1. The smallest absolute Gasteiger partial charge is 0.326 e. The van der Waals surface area contributed by atoms with Crippen LogP contribution in [0.1, 0.15) is 11.1 Å². The van der Waals surface area contributed by atoms with Crippen molar-refractivity contribution in [1.82, 2.24) is 5.32 Å². The van der Waals surface area contributed by atoms with Gasteiger partial charge < -0.3 is 16.2 Å². The zero-order valence-electron chi connectivity index (χ0n) is 13.0. The molecular formula is C18H19FN2O3. The number of halogens is 1. The van der Waals surface area contributed by atoms with Crippen LogP contribution in [0, 0.1) is 5.82 Å². The summed E-state index contributed by atoms with van der Waals surface area (Å²) in [4.78, 5) is 23.5. The minimum Gasteiger partial charge on any atom is -0.480 e. The van der Waals surface area contributed by atoms with E-state index >= 15 is 0 Å². The Morgan fingerprint density at radius 3 is 2.17 bits per heavy atom. The number of aliphatic carboxylic acids is 1.